The molecule has 2 atom stereocenters. The summed E-state index contributed by atoms with van der Waals surface area (Å²) in [6.07, 6.45) is -1.54. The van der Waals surface area contributed by atoms with Gasteiger partial charge in [-0.1, -0.05) is 18.2 Å². The monoisotopic (exact) mass is 178 g/mol. The van der Waals surface area contributed by atoms with Crippen LogP contribution in [-0.4, -0.2) is 17.0 Å². The number of hydrogen-bond donors (Lipinski definition) is 1. The first-order valence-electron chi connectivity index (χ1n) is 4.14. The van der Waals surface area contributed by atoms with Crippen LogP contribution in [0.15, 0.2) is 24.3 Å². The molecule has 2 unspecified atom stereocenters. The van der Waals surface area contributed by atoms with Crippen molar-refractivity contribution in [3.63, 3.8) is 0 Å². The van der Waals surface area contributed by atoms with E-state index in [1.54, 1.807) is 12.1 Å². The SMILES string of the molecule is CC(=O)C1Oc2ccccc2C1O. The maximum absolute atomic E-state index is 11.0. The number of carbonyl (C=O) groups is 1. The summed E-state index contributed by atoms with van der Waals surface area (Å²) in [4.78, 5) is 11.0. The minimum absolute atomic E-state index is 0.149. The van der Waals surface area contributed by atoms with Crippen LogP contribution in [0.1, 0.15) is 18.6 Å². The molecule has 0 fully saturated rings. The zero-order valence-electron chi connectivity index (χ0n) is 7.23. The van der Waals surface area contributed by atoms with Gasteiger partial charge in [-0.05, 0) is 13.0 Å². The molecule has 1 heterocycles. The van der Waals surface area contributed by atoms with Crippen LogP contribution in [0.5, 0.6) is 5.75 Å². The lowest BCUT2D eigenvalue weighted by molar-refractivity contribution is -0.126. The number of carbonyl (C=O) groups excluding carboxylic acids is 1. The van der Waals surface area contributed by atoms with Crippen LogP contribution in [0, 0.1) is 0 Å². The van der Waals surface area contributed by atoms with Gasteiger partial charge in [-0.3, -0.25) is 4.79 Å². The lowest BCUT2D eigenvalue weighted by atomic mass is 10.1. The van der Waals surface area contributed by atoms with Gasteiger partial charge in [0, 0.05) is 5.56 Å². The molecular weight excluding hydrogens is 168 g/mol. The van der Waals surface area contributed by atoms with Gasteiger partial charge in [-0.15, -0.1) is 0 Å². The number of para-hydroxylation sites is 1. The van der Waals surface area contributed by atoms with Gasteiger partial charge in [-0.25, -0.2) is 0 Å². The summed E-state index contributed by atoms with van der Waals surface area (Å²) in [5, 5.41) is 9.67. The van der Waals surface area contributed by atoms with E-state index in [0.717, 1.165) is 0 Å². The molecule has 1 aliphatic rings. The fourth-order valence-corrected chi connectivity index (χ4v) is 1.50. The van der Waals surface area contributed by atoms with E-state index in [4.69, 9.17) is 4.74 Å². The van der Waals surface area contributed by atoms with Gasteiger partial charge in [0.25, 0.3) is 0 Å². The highest BCUT2D eigenvalue weighted by Gasteiger charge is 2.35. The molecule has 2 rings (SSSR count). The van der Waals surface area contributed by atoms with E-state index >= 15 is 0 Å². The Kier molecular flexibility index (Phi) is 1.81. The third-order valence-electron chi connectivity index (χ3n) is 2.18. The van der Waals surface area contributed by atoms with Gasteiger partial charge in [0.1, 0.15) is 11.9 Å². The quantitative estimate of drug-likeness (QED) is 0.699. The fraction of sp³-hybridized carbons (Fsp3) is 0.300. The van der Waals surface area contributed by atoms with Crippen LogP contribution in [0.25, 0.3) is 0 Å². The minimum Gasteiger partial charge on any atom is -0.479 e. The molecule has 1 aliphatic heterocycles. The number of rotatable bonds is 1. The van der Waals surface area contributed by atoms with Crippen LogP contribution >= 0.6 is 0 Å². The minimum atomic E-state index is -0.811. The van der Waals surface area contributed by atoms with Crippen molar-refractivity contribution < 1.29 is 14.6 Å². The molecule has 3 heteroatoms. The third-order valence-corrected chi connectivity index (χ3v) is 2.18. The average Bonchev–Trinajstić information content (AvgIpc) is 2.45. The molecule has 1 N–H and O–H groups in total. The van der Waals surface area contributed by atoms with Crippen LogP contribution in [0.4, 0.5) is 0 Å². The summed E-state index contributed by atoms with van der Waals surface area (Å²) < 4.78 is 5.28. The van der Waals surface area contributed by atoms with E-state index in [1.165, 1.54) is 6.92 Å². The normalized spacial score (nSPS) is 25.1. The molecule has 13 heavy (non-hydrogen) atoms. The molecule has 1 aromatic carbocycles. The Hall–Kier alpha value is -1.35. The average molecular weight is 178 g/mol. The highest BCUT2D eigenvalue weighted by molar-refractivity contribution is 5.82. The molecule has 0 spiro atoms. The Morgan fingerprint density at radius 2 is 2.15 bits per heavy atom. The third kappa shape index (κ3) is 1.21. The number of aliphatic hydroxyl groups excluding tert-OH is 1. The van der Waals surface area contributed by atoms with Gasteiger partial charge in [0.15, 0.2) is 11.9 Å². The Labute approximate surface area is 76.0 Å². The predicted molar refractivity (Wildman–Crippen MR) is 46.5 cm³/mol. The molecule has 0 amide bonds. The summed E-state index contributed by atoms with van der Waals surface area (Å²) in [7, 11) is 0. The zero-order chi connectivity index (χ0) is 9.42. The smallest absolute Gasteiger partial charge is 0.186 e. The maximum Gasteiger partial charge on any atom is 0.186 e. The van der Waals surface area contributed by atoms with Crippen molar-refractivity contribution in [3.8, 4) is 5.75 Å². The van der Waals surface area contributed by atoms with Crippen molar-refractivity contribution in [1.82, 2.24) is 0 Å². The number of ketones is 1. The highest BCUT2D eigenvalue weighted by atomic mass is 16.5. The van der Waals surface area contributed by atoms with E-state index in [2.05, 4.69) is 0 Å². The van der Waals surface area contributed by atoms with Crippen molar-refractivity contribution in [2.24, 2.45) is 0 Å². The molecule has 0 bridgehead atoms. The lowest BCUT2D eigenvalue weighted by Crippen LogP contribution is -2.26. The summed E-state index contributed by atoms with van der Waals surface area (Å²) in [5.41, 5.74) is 0.697. The predicted octanol–water partition coefficient (Wildman–Crippen LogP) is 1.07. The van der Waals surface area contributed by atoms with Crippen molar-refractivity contribution >= 4 is 5.78 Å². The van der Waals surface area contributed by atoms with Gasteiger partial charge < -0.3 is 9.84 Å². The summed E-state index contributed by atoms with van der Waals surface area (Å²) in [6.45, 7) is 1.42. The van der Waals surface area contributed by atoms with Crippen LogP contribution < -0.4 is 4.74 Å². The lowest BCUT2D eigenvalue weighted by Gasteiger charge is -2.09. The second-order valence-electron chi connectivity index (χ2n) is 3.13. The maximum atomic E-state index is 11.0. The van der Waals surface area contributed by atoms with Gasteiger partial charge in [-0.2, -0.15) is 0 Å². The van der Waals surface area contributed by atoms with Gasteiger partial charge in [0.05, 0.1) is 0 Å². The molecule has 68 valence electrons. The summed E-state index contributed by atoms with van der Waals surface area (Å²) in [5.74, 6) is 0.457. The van der Waals surface area contributed by atoms with Crippen LogP contribution in [0.2, 0.25) is 0 Å². The Balaban J connectivity index is 2.38. The first-order chi connectivity index (χ1) is 6.20. The van der Waals surface area contributed by atoms with Crippen molar-refractivity contribution in [1.29, 1.82) is 0 Å². The van der Waals surface area contributed by atoms with Gasteiger partial charge in [0.2, 0.25) is 0 Å². The van der Waals surface area contributed by atoms with Crippen molar-refractivity contribution in [3.05, 3.63) is 29.8 Å². The second-order valence-corrected chi connectivity index (χ2v) is 3.13. The Morgan fingerprint density at radius 3 is 2.77 bits per heavy atom. The number of benzene rings is 1. The number of fused-ring (bicyclic) bond motifs is 1. The second kappa shape index (κ2) is 2.85. The number of hydrogen-bond acceptors (Lipinski definition) is 3. The molecule has 0 saturated carbocycles. The topological polar surface area (TPSA) is 46.5 Å². The van der Waals surface area contributed by atoms with Crippen molar-refractivity contribution in [2.45, 2.75) is 19.1 Å². The summed E-state index contributed by atoms with van der Waals surface area (Å²) in [6, 6.07) is 7.15. The molecule has 0 aliphatic carbocycles. The molecule has 0 saturated heterocycles. The summed E-state index contributed by atoms with van der Waals surface area (Å²) >= 11 is 0. The first kappa shape index (κ1) is 8.26. The van der Waals surface area contributed by atoms with E-state index in [1.807, 2.05) is 12.1 Å². The Morgan fingerprint density at radius 1 is 1.46 bits per heavy atom. The first-order valence-corrected chi connectivity index (χ1v) is 4.14. The van der Waals surface area contributed by atoms with Crippen LogP contribution in [-0.2, 0) is 4.79 Å². The fourth-order valence-electron chi connectivity index (χ4n) is 1.50. The van der Waals surface area contributed by atoms with E-state index < -0.39 is 12.2 Å². The number of ether oxygens (including phenoxy) is 1. The molecule has 0 radical (unpaired) electrons. The number of aliphatic hydroxyl groups is 1. The molecule has 0 aromatic heterocycles. The zero-order valence-corrected chi connectivity index (χ0v) is 7.23. The van der Waals surface area contributed by atoms with E-state index in [0.29, 0.717) is 11.3 Å². The molecule has 3 nitrogen and oxygen atoms in total. The largest absolute Gasteiger partial charge is 0.479 e. The van der Waals surface area contributed by atoms with Crippen molar-refractivity contribution in [2.75, 3.05) is 0 Å². The van der Waals surface area contributed by atoms with Gasteiger partial charge >= 0.3 is 0 Å². The van der Waals surface area contributed by atoms with E-state index in [-0.39, 0.29) is 5.78 Å². The Bertz CT molecular complexity index is 346. The van der Waals surface area contributed by atoms with Crippen LogP contribution in [0.3, 0.4) is 0 Å². The highest BCUT2D eigenvalue weighted by Crippen LogP contribution is 2.36. The standard InChI is InChI=1S/C10H10O3/c1-6(11)10-9(12)7-4-2-3-5-8(7)13-10/h2-5,9-10,12H,1H3. The molecular formula is C10H10O3. The number of Topliss-reactive ketones (excluding diaryl/α,β-unsaturated/α-hetero) is 1. The van der Waals surface area contributed by atoms with E-state index in [9.17, 15) is 9.90 Å². The molecule has 1 aromatic rings.